The van der Waals surface area contributed by atoms with Crippen LogP contribution in [0.15, 0.2) is 35.4 Å². The highest BCUT2D eigenvalue weighted by molar-refractivity contribution is 7.98. The van der Waals surface area contributed by atoms with E-state index in [2.05, 4.69) is 21.2 Å². The molecule has 1 aromatic rings. The van der Waals surface area contributed by atoms with Gasteiger partial charge in [-0.15, -0.1) is 0 Å². The van der Waals surface area contributed by atoms with Crippen LogP contribution >= 0.6 is 11.9 Å². The second-order valence-electron chi connectivity index (χ2n) is 20.0. The van der Waals surface area contributed by atoms with Crippen LogP contribution in [-0.2, 0) is 43.0 Å². The molecule has 0 aromatic heterocycles. The van der Waals surface area contributed by atoms with Crippen molar-refractivity contribution in [1.82, 2.24) is 35.7 Å². The molecule has 0 bridgehead atoms. The molecule has 19 heteroatoms. The molecule has 10 atom stereocenters. The largest absolute Gasteiger partial charge is 0.379 e. The summed E-state index contributed by atoms with van der Waals surface area (Å²) >= 11 is 0.929. The highest BCUT2D eigenvalue weighted by atomic mass is 32.2. The molecule has 2 rings (SSSR count). The monoisotopic (exact) mass is 1020 g/mol. The number of hydrogen-bond acceptors (Lipinski definition) is 13. The van der Waals surface area contributed by atoms with Crippen molar-refractivity contribution in [1.29, 1.82) is 0 Å². The van der Waals surface area contributed by atoms with Crippen LogP contribution in [0.5, 0.6) is 0 Å². The minimum atomic E-state index is -0.794. The van der Waals surface area contributed by atoms with Gasteiger partial charge < -0.3 is 29.9 Å². The predicted octanol–water partition coefficient (Wildman–Crippen LogP) is 4.98. The molecule has 402 valence electrons. The Bertz CT molecular complexity index is 1890. The normalized spacial score (nSPS) is 17.9. The Kier molecular flexibility index (Phi) is 27.6. The van der Waals surface area contributed by atoms with Gasteiger partial charge in [0.05, 0.1) is 59.7 Å². The minimum absolute atomic E-state index is 0.0154. The van der Waals surface area contributed by atoms with Crippen molar-refractivity contribution in [3.05, 3.63) is 35.9 Å². The molecule has 1 fully saturated rings. The first-order valence-electron chi connectivity index (χ1n) is 25.5. The smallest absolute Gasteiger partial charge is 0.245 e. The lowest BCUT2D eigenvalue weighted by Gasteiger charge is -2.41. The molecular formula is C52H89N9O9S. The molecule has 1 aliphatic rings. The summed E-state index contributed by atoms with van der Waals surface area (Å²) in [5.41, 5.74) is 3.78. The standard InChI is InChI=1S/C52H89N9O9S/c1-16-34(7)47(59(13)52(68)44(32(3)4)55-50(66)46(33(5)6)58(11)12)40(69-14)31-43(64)61-30-24-27-39(61)48(70-15)35(8)49(65)54-36(9)45(38-25-20-18-21-26-38)57-56-42(63)28-22-19-23-29-60(37(10)62)51(67)41(17-2)71-53/h18,20-21,25-26,32-36,39-41,44,46-48H,16-17,19,22-24,27-31,53H2,1-15H3,(H,54,65)(H,55,66)(H,56,63)/b57-45-/t34?,35?,36?,39?,40?,41?,44-,46?,47?,48?/m0/s1. The fourth-order valence-corrected chi connectivity index (χ4v) is 10.1. The number of likely N-dealkylation sites (tertiary alicyclic amines) is 1. The number of amides is 7. The summed E-state index contributed by atoms with van der Waals surface area (Å²) in [4.78, 5) is 101. The zero-order valence-corrected chi connectivity index (χ0v) is 46.3. The van der Waals surface area contributed by atoms with E-state index < -0.39 is 53.6 Å². The lowest BCUT2D eigenvalue weighted by molar-refractivity contribution is -0.148. The first kappa shape index (κ1) is 62.7. The van der Waals surface area contributed by atoms with Crippen LogP contribution in [0.1, 0.15) is 133 Å². The zero-order chi connectivity index (χ0) is 53.7. The number of nitrogens with one attached hydrogen (secondary N) is 3. The number of hydrogen-bond donors (Lipinski definition) is 4. The third-order valence-corrected chi connectivity index (χ3v) is 14.7. The molecule has 1 saturated heterocycles. The van der Waals surface area contributed by atoms with Crippen LogP contribution in [0, 0.1) is 23.7 Å². The number of carbonyl (C=O) groups is 7. The van der Waals surface area contributed by atoms with Crippen molar-refractivity contribution in [3.63, 3.8) is 0 Å². The average Bonchev–Trinajstić information content (AvgIpc) is 3.81. The topological polar surface area (TPSA) is 225 Å². The third kappa shape index (κ3) is 18.2. The molecule has 18 nitrogen and oxygen atoms in total. The molecule has 5 N–H and O–H groups in total. The number of likely N-dealkylation sites (N-methyl/N-ethyl adjacent to an activating group) is 2. The van der Waals surface area contributed by atoms with Gasteiger partial charge in [-0.2, -0.15) is 5.10 Å². The molecule has 1 aromatic carbocycles. The Balaban J connectivity index is 2.22. The summed E-state index contributed by atoms with van der Waals surface area (Å²) < 4.78 is 12.1. The van der Waals surface area contributed by atoms with Crippen molar-refractivity contribution < 1.29 is 43.0 Å². The van der Waals surface area contributed by atoms with Crippen molar-refractivity contribution >= 4 is 59.0 Å². The van der Waals surface area contributed by atoms with Crippen molar-refractivity contribution in [2.75, 3.05) is 48.5 Å². The van der Waals surface area contributed by atoms with Gasteiger partial charge in [0.25, 0.3) is 0 Å². The van der Waals surface area contributed by atoms with E-state index in [9.17, 15) is 33.6 Å². The molecule has 7 amide bonds. The van der Waals surface area contributed by atoms with Crippen LogP contribution in [0.4, 0.5) is 0 Å². The maximum absolute atomic E-state index is 14.4. The van der Waals surface area contributed by atoms with Crippen LogP contribution in [0.3, 0.4) is 0 Å². The van der Waals surface area contributed by atoms with Gasteiger partial charge in [0, 0.05) is 47.7 Å². The van der Waals surface area contributed by atoms with Gasteiger partial charge in [-0.05, 0) is 76.4 Å². The highest BCUT2D eigenvalue weighted by Crippen LogP contribution is 2.30. The molecule has 1 heterocycles. The molecule has 0 radical (unpaired) electrons. The van der Waals surface area contributed by atoms with E-state index in [1.54, 1.807) is 37.8 Å². The molecular weight excluding hydrogens is 927 g/mol. The van der Waals surface area contributed by atoms with Gasteiger partial charge in [0.2, 0.25) is 41.4 Å². The lowest BCUT2D eigenvalue weighted by Crippen LogP contribution is -2.59. The number of imide groups is 1. The average molecular weight is 1020 g/mol. The Morgan fingerprint density at radius 3 is 2.01 bits per heavy atom. The number of rotatable bonds is 30. The second kappa shape index (κ2) is 31.2. The van der Waals surface area contributed by atoms with Crippen molar-refractivity contribution in [2.45, 2.75) is 175 Å². The summed E-state index contributed by atoms with van der Waals surface area (Å²) in [7, 11) is 8.50. The number of hydrazone groups is 1. The SMILES string of the molecule is CCC(SN)C(=O)N(CCCCCC(=O)N/N=C(\c1ccccc1)C(C)NC(=O)C(C)C(OC)C1CCCN1C(=O)CC(OC)C(C(C)CC)N(C)C(=O)[C@@H](NC(=O)C(C(C)C)N(C)C)C(C)C)C(C)=O. The third-order valence-electron chi connectivity index (χ3n) is 13.8. The Hall–Kier alpha value is -4.43. The van der Waals surface area contributed by atoms with E-state index in [4.69, 9.17) is 14.6 Å². The molecule has 0 saturated carbocycles. The van der Waals surface area contributed by atoms with E-state index in [-0.39, 0.29) is 78.5 Å². The first-order chi connectivity index (χ1) is 33.5. The summed E-state index contributed by atoms with van der Waals surface area (Å²) in [6, 6.07) is 6.45. The fourth-order valence-electron chi connectivity index (χ4n) is 9.68. The Morgan fingerprint density at radius 1 is 0.845 bits per heavy atom. The summed E-state index contributed by atoms with van der Waals surface area (Å²) in [5.74, 6) is -2.90. The second-order valence-corrected chi connectivity index (χ2v) is 20.8. The zero-order valence-electron chi connectivity index (χ0n) is 45.5. The first-order valence-corrected chi connectivity index (χ1v) is 26.4. The van der Waals surface area contributed by atoms with Crippen molar-refractivity contribution in [2.24, 2.45) is 33.9 Å². The number of nitrogens with two attached hydrogens (primary N) is 1. The molecule has 0 spiro atoms. The minimum Gasteiger partial charge on any atom is -0.379 e. The van der Waals surface area contributed by atoms with Gasteiger partial charge in [0.15, 0.2) is 0 Å². The van der Waals surface area contributed by atoms with Gasteiger partial charge in [-0.25, -0.2) is 5.43 Å². The number of nitrogens with zero attached hydrogens (tertiary/aromatic N) is 5. The summed E-state index contributed by atoms with van der Waals surface area (Å²) in [5, 5.41) is 15.8. The number of methoxy groups -OCH3 is 2. The summed E-state index contributed by atoms with van der Waals surface area (Å²) in [6.45, 7) is 19.3. The van der Waals surface area contributed by atoms with Crippen LogP contribution < -0.4 is 21.2 Å². The number of benzene rings is 1. The van der Waals surface area contributed by atoms with Crippen molar-refractivity contribution in [3.8, 4) is 0 Å². The van der Waals surface area contributed by atoms with E-state index in [1.807, 2.05) is 97.8 Å². The molecule has 1 aliphatic heterocycles. The van der Waals surface area contributed by atoms with E-state index in [1.165, 1.54) is 18.9 Å². The van der Waals surface area contributed by atoms with E-state index in [0.717, 1.165) is 11.9 Å². The molecule has 9 unspecified atom stereocenters. The number of unbranched alkanes of at least 4 members (excludes halogenated alkanes) is 2. The van der Waals surface area contributed by atoms with Gasteiger partial charge in [-0.3, -0.25) is 48.5 Å². The maximum Gasteiger partial charge on any atom is 0.245 e. The quantitative estimate of drug-likeness (QED) is 0.0347. The maximum atomic E-state index is 14.4. The predicted molar refractivity (Wildman–Crippen MR) is 281 cm³/mol. The highest BCUT2D eigenvalue weighted by Gasteiger charge is 2.43. The van der Waals surface area contributed by atoms with E-state index in [0.29, 0.717) is 62.8 Å². The number of carbonyl (C=O) groups excluding carboxylic acids is 7. The fraction of sp³-hybridized carbons (Fsp3) is 0.731. The lowest BCUT2D eigenvalue weighted by atomic mass is 9.89. The van der Waals surface area contributed by atoms with Crippen LogP contribution in [0.25, 0.3) is 0 Å². The van der Waals surface area contributed by atoms with Crippen LogP contribution in [-0.4, -0.2) is 163 Å². The Morgan fingerprint density at radius 2 is 1.49 bits per heavy atom. The Labute approximate surface area is 429 Å². The summed E-state index contributed by atoms with van der Waals surface area (Å²) in [6.07, 6.45) is 2.99. The van der Waals surface area contributed by atoms with Crippen LogP contribution in [0.2, 0.25) is 0 Å². The van der Waals surface area contributed by atoms with Gasteiger partial charge in [0.1, 0.15) is 6.04 Å². The molecule has 71 heavy (non-hydrogen) atoms. The molecule has 0 aliphatic carbocycles. The van der Waals surface area contributed by atoms with Gasteiger partial charge in [-0.1, -0.05) is 111 Å². The van der Waals surface area contributed by atoms with E-state index >= 15 is 0 Å². The number of ether oxygens (including phenoxy) is 2. The van der Waals surface area contributed by atoms with Gasteiger partial charge >= 0.3 is 0 Å².